The molecular weight excluding hydrogens is 255 g/mol. The van der Waals surface area contributed by atoms with Gasteiger partial charge in [0.25, 0.3) is 5.92 Å². The predicted octanol–water partition coefficient (Wildman–Crippen LogP) is 3.87. The Morgan fingerprint density at radius 1 is 1.32 bits per heavy atom. The van der Waals surface area contributed by atoms with Crippen molar-refractivity contribution in [3.05, 3.63) is 35.8 Å². The molecule has 1 atom stereocenters. The van der Waals surface area contributed by atoms with Crippen LogP contribution >= 0.6 is 0 Å². The van der Waals surface area contributed by atoms with Crippen molar-refractivity contribution in [2.45, 2.75) is 39.0 Å². The molecule has 2 rings (SSSR count). The van der Waals surface area contributed by atoms with Crippen LogP contribution in [0.5, 0.6) is 0 Å². The van der Waals surface area contributed by atoms with Gasteiger partial charge in [-0.1, -0.05) is 19.9 Å². The summed E-state index contributed by atoms with van der Waals surface area (Å²) in [4.78, 5) is 11.5. The Morgan fingerprint density at radius 2 is 2.00 bits per heavy atom. The summed E-state index contributed by atoms with van der Waals surface area (Å²) in [5.41, 5.74) is 0.363. The Hall–Kier alpha value is -1.52. The fourth-order valence-corrected chi connectivity index (χ4v) is 1.76. The molecule has 0 aliphatic heterocycles. The van der Waals surface area contributed by atoms with Crippen LogP contribution in [0.3, 0.4) is 0 Å². The number of carbonyl (C=O) groups excluding carboxylic acids is 1. The lowest BCUT2D eigenvalue weighted by atomic mass is 9.80. The normalized spacial score (nSPS) is 23.9. The predicted molar refractivity (Wildman–Crippen MR) is 68.2 cm³/mol. The van der Waals surface area contributed by atoms with Crippen molar-refractivity contribution < 1.29 is 18.0 Å². The van der Waals surface area contributed by atoms with Gasteiger partial charge < -0.3 is 5.32 Å². The maximum atomic E-state index is 13.0. The van der Waals surface area contributed by atoms with Crippen LogP contribution in [0.1, 0.15) is 33.1 Å². The van der Waals surface area contributed by atoms with Gasteiger partial charge in [-0.15, -0.1) is 0 Å². The zero-order valence-corrected chi connectivity index (χ0v) is 11.1. The minimum Gasteiger partial charge on any atom is -0.326 e. The quantitative estimate of drug-likeness (QED) is 0.813. The van der Waals surface area contributed by atoms with Crippen molar-refractivity contribution in [2.75, 3.05) is 0 Å². The van der Waals surface area contributed by atoms with Gasteiger partial charge in [-0.25, -0.2) is 13.2 Å². The van der Waals surface area contributed by atoms with Gasteiger partial charge in [-0.2, -0.15) is 0 Å². The summed E-state index contributed by atoms with van der Waals surface area (Å²) in [6.07, 6.45) is 5.77. The van der Waals surface area contributed by atoms with Crippen molar-refractivity contribution in [3.63, 3.8) is 0 Å². The van der Waals surface area contributed by atoms with Crippen LogP contribution in [-0.4, -0.2) is 11.8 Å². The van der Waals surface area contributed by atoms with Gasteiger partial charge >= 0.3 is 0 Å². The molecule has 0 aromatic carbocycles. The van der Waals surface area contributed by atoms with Gasteiger partial charge in [-0.3, -0.25) is 4.79 Å². The molecule has 2 nitrogen and oxygen atoms in total. The van der Waals surface area contributed by atoms with E-state index < -0.39 is 23.6 Å². The Bertz CT molecular complexity index is 424. The molecule has 0 radical (unpaired) electrons. The van der Waals surface area contributed by atoms with Gasteiger partial charge in [-0.05, 0) is 31.1 Å². The first-order chi connectivity index (χ1) is 8.99. The average Bonchev–Trinajstić information content (AvgIpc) is 2.56. The van der Waals surface area contributed by atoms with Gasteiger partial charge in [0.05, 0.1) is 0 Å². The summed E-state index contributed by atoms with van der Waals surface area (Å²) in [6.45, 7) is 4.00. The summed E-state index contributed by atoms with van der Waals surface area (Å²) in [6, 6.07) is 0. The minimum atomic E-state index is -2.90. The van der Waals surface area contributed by atoms with E-state index in [-0.39, 0.29) is 12.8 Å². The molecule has 1 unspecified atom stereocenters. The molecule has 0 saturated heterocycles. The summed E-state index contributed by atoms with van der Waals surface area (Å²) in [5.74, 6) is -5.25. The lowest BCUT2D eigenvalue weighted by Crippen LogP contribution is -2.48. The van der Waals surface area contributed by atoms with E-state index >= 15 is 0 Å². The molecule has 5 heteroatoms. The minimum absolute atomic E-state index is 0.197. The first-order valence-corrected chi connectivity index (χ1v) is 6.41. The van der Waals surface area contributed by atoms with Crippen LogP contribution in [0, 0.1) is 5.92 Å². The van der Waals surface area contributed by atoms with Gasteiger partial charge in [0, 0.05) is 12.1 Å². The number of amides is 1. The Labute approximate surface area is 111 Å². The molecule has 2 aliphatic carbocycles. The first-order valence-electron chi connectivity index (χ1n) is 6.41. The van der Waals surface area contributed by atoms with Gasteiger partial charge in [0.1, 0.15) is 11.7 Å². The van der Waals surface area contributed by atoms with Crippen molar-refractivity contribution in [1.82, 2.24) is 5.32 Å². The topological polar surface area (TPSA) is 29.1 Å². The van der Waals surface area contributed by atoms with E-state index in [0.717, 1.165) is 0 Å². The molecular formula is C14H18F3NO. The highest BCUT2D eigenvalue weighted by atomic mass is 19.3. The molecule has 1 fully saturated rings. The van der Waals surface area contributed by atoms with E-state index in [4.69, 9.17) is 0 Å². The summed E-state index contributed by atoms with van der Waals surface area (Å²) >= 11 is 0. The highest BCUT2D eigenvalue weighted by Crippen LogP contribution is 2.43. The van der Waals surface area contributed by atoms with E-state index in [1.54, 1.807) is 6.08 Å². The van der Waals surface area contributed by atoms with Gasteiger partial charge in [0.2, 0.25) is 5.91 Å². The summed E-state index contributed by atoms with van der Waals surface area (Å²) < 4.78 is 38.8. The number of halogens is 3. The fraction of sp³-hybridized carbons (Fsp3) is 0.500. The first kappa shape index (κ1) is 15.5. The fourth-order valence-electron chi connectivity index (χ4n) is 1.76. The third-order valence-corrected chi connectivity index (χ3v) is 2.93. The number of rotatable bonds is 2. The zero-order chi connectivity index (χ0) is 14.5. The highest BCUT2D eigenvalue weighted by Gasteiger charge is 2.52. The second kappa shape index (κ2) is 6.59. The second-order valence-corrected chi connectivity index (χ2v) is 4.16. The van der Waals surface area contributed by atoms with Crippen LogP contribution in [0.25, 0.3) is 0 Å². The van der Waals surface area contributed by atoms with Crippen molar-refractivity contribution in [1.29, 1.82) is 0 Å². The van der Waals surface area contributed by atoms with Crippen LogP contribution in [0.2, 0.25) is 0 Å². The molecule has 1 saturated carbocycles. The Morgan fingerprint density at radius 3 is 2.53 bits per heavy atom. The third kappa shape index (κ3) is 3.98. The second-order valence-electron chi connectivity index (χ2n) is 4.16. The SMILES string of the molecule is CC.O=C(NC1=CCC=C(F)C=C1)C1CCC1(F)F. The van der Waals surface area contributed by atoms with Crippen LogP contribution < -0.4 is 5.32 Å². The van der Waals surface area contributed by atoms with Crippen molar-refractivity contribution in [3.8, 4) is 0 Å². The number of carbonyl (C=O) groups is 1. The highest BCUT2D eigenvalue weighted by molar-refractivity contribution is 5.82. The van der Waals surface area contributed by atoms with Crippen LogP contribution in [0.15, 0.2) is 35.8 Å². The smallest absolute Gasteiger partial charge is 0.259 e. The maximum absolute atomic E-state index is 13.0. The number of nitrogens with one attached hydrogen (secondary N) is 1. The van der Waals surface area contributed by atoms with E-state index in [9.17, 15) is 18.0 Å². The molecule has 0 spiro atoms. The molecule has 1 amide bonds. The summed E-state index contributed by atoms with van der Waals surface area (Å²) in [5, 5.41) is 2.39. The molecule has 0 bridgehead atoms. The Kier molecular flexibility index (Phi) is 5.39. The van der Waals surface area contributed by atoms with Crippen LogP contribution in [-0.2, 0) is 4.79 Å². The van der Waals surface area contributed by atoms with E-state index in [0.29, 0.717) is 12.1 Å². The lowest BCUT2D eigenvalue weighted by Gasteiger charge is -2.34. The monoisotopic (exact) mass is 273 g/mol. The average molecular weight is 273 g/mol. The molecule has 19 heavy (non-hydrogen) atoms. The molecule has 0 aromatic rings. The number of hydrogen-bond acceptors (Lipinski definition) is 1. The zero-order valence-electron chi connectivity index (χ0n) is 11.1. The molecule has 2 aliphatic rings. The standard InChI is InChI=1S/C12H12F3NO.C2H6/c13-8-2-1-3-9(5-4-8)16-11(17)10-6-7-12(10,14)15;1-2/h2-5,10H,1,6-7H2,(H,16,17);1-2H3. The Balaban J connectivity index is 0.000000861. The summed E-state index contributed by atoms with van der Waals surface area (Å²) in [7, 11) is 0. The molecule has 1 N–H and O–H groups in total. The number of hydrogen-bond donors (Lipinski definition) is 1. The number of allylic oxidation sites excluding steroid dienone is 5. The third-order valence-electron chi connectivity index (χ3n) is 2.93. The van der Waals surface area contributed by atoms with Crippen molar-refractivity contribution in [2.24, 2.45) is 5.92 Å². The van der Waals surface area contributed by atoms with Gasteiger partial charge in [0.15, 0.2) is 0 Å². The largest absolute Gasteiger partial charge is 0.326 e. The van der Waals surface area contributed by atoms with E-state index in [1.165, 1.54) is 18.2 Å². The van der Waals surface area contributed by atoms with E-state index in [1.807, 2.05) is 13.8 Å². The van der Waals surface area contributed by atoms with Crippen molar-refractivity contribution >= 4 is 5.91 Å². The lowest BCUT2D eigenvalue weighted by molar-refractivity contribution is -0.161. The van der Waals surface area contributed by atoms with E-state index in [2.05, 4.69) is 5.32 Å². The molecule has 0 aromatic heterocycles. The van der Waals surface area contributed by atoms with Crippen LogP contribution in [0.4, 0.5) is 13.2 Å². The number of alkyl halides is 2. The maximum Gasteiger partial charge on any atom is 0.259 e. The molecule has 0 heterocycles. The molecule has 106 valence electrons.